The lowest BCUT2D eigenvalue weighted by Crippen LogP contribution is -2.42. The molecule has 1 saturated heterocycles. The van der Waals surface area contributed by atoms with Crippen molar-refractivity contribution in [2.24, 2.45) is 5.92 Å². The van der Waals surface area contributed by atoms with Crippen molar-refractivity contribution in [1.29, 1.82) is 0 Å². The molecule has 0 aromatic heterocycles. The number of fused-ring (bicyclic) bond motifs is 1. The molecule has 1 aromatic rings. The number of ether oxygens (including phenoxy) is 1. The van der Waals surface area contributed by atoms with E-state index in [0.717, 1.165) is 17.5 Å². The Morgan fingerprint density at radius 2 is 2.04 bits per heavy atom. The molecule has 0 aliphatic carbocycles. The maximum atomic E-state index is 12.7. The number of nitrogens with one attached hydrogen (secondary N) is 1. The summed E-state index contributed by atoms with van der Waals surface area (Å²) in [5.41, 5.74) is 1.77. The van der Waals surface area contributed by atoms with Gasteiger partial charge in [0.1, 0.15) is 5.60 Å². The van der Waals surface area contributed by atoms with Gasteiger partial charge in [-0.05, 0) is 44.2 Å². The van der Waals surface area contributed by atoms with Crippen LogP contribution in [0.3, 0.4) is 0 Å². The third-order valence-corrected chi connectivity index (χ3v) is 4.41. The first-order chi connectivity index (χ1) is 10.8. The van der Waals surface area contributed by atoms with Gasteiger partial charge in [-0.2, -0.15) is 0 Å². The molecule has 5 heteroatoms. The quantitative estimate of drug-likeness (QED) is 0.866. The normalized spacial score (nSPS) is 24.1. The van der Waals surface area contributed by atoms with E-state index in [4.69, 9.17) is 4.74 Å². The molecule has 2 aliphatic heterocycles. The van der Waals surface area contributed by atoms with Gasteiger partial charge in [-0.1, -0.05) is 24.3 Å². The largest absolute Gasteiger partial charge is 0.444 e. The Kier molecular flexibility index (Phi) is 4.04. The Labute approximate surface area is 137 Å². The summed E-state index contributed by atoms with van der Waals surface area (Å²) in [5, 5.41) is 2.87. The minimum absolute atomic E-state index is 0.0646. The predicted octanol–water partition coefficient (Wildman–Crippen LogP) is 3.00. The summed E-state index contributed by atoms with van der Waals surface area (Å²) >= 11 is 0. The molecule has 1 N–H and O–H groups in total. The van der Waals surface area contributed by atoms with Crippen molar-refractivity contribution in [3.8, 4) is 0 Å². The molecule has 3 rings (SSSR count). The monoisotopic (exact) mass is 316 g/mol. The second-order valence-corrected chi connectivity index (χ2v) is 7.35. The number of carbonyl (C=O) groups is 2. The van der Waals surface area contributed by atoms with E-state index < -0.39 is 5.60 Å². The molecule has 124 valence electrons. The van der Waals surface area contributed by atoms with Gasteiger partial charge >= 0.3 is 6.09 Å². The zero-order chi connectivity index (χ0) is 16.6. The predicted molar refractivity (Wildman–Crippen MR) is 86.7 cm³/mol. The standard InChI is InChI=1S/C18H24N2O3/c1-18(2,3)23-17(22)20-11-13-6-4-5-7-14(13)16(20)12-8-9-19-15(21)10-12/h4-7,12,16H,8-11H2,1-3H3,(H,19,21). The lowest BCUT2D eigenvalue weighted by atomic mass is 9.85. The molecule has 2 unspecified atom stereocenters. The molecular formula is C18H24N2O3. The van der Waals surface area contributed by atoms with Crippen LogP contribution in [0.5, 0.6) is 0 Å². The number of hydrogen-bond acceptors (Lipinski definition) is 3. The second-order valence-electron chi connectivity index (χ2n) is 7.35. The van der Waals surface area contributed by atoms with Gasteiger partial charge in [-0.25, -0.2) is 4.79 Å². The molecule has 1 fully saturated rings. The van der Waals surface area contributed by atoms with Crippen molar-refractivity contribution in [2.75, 3.05) is 6.54 Å². The van der Waals surface area contributed by atoms with Crippen molar-refractivity contribution in [1.82, 2.24) is 10.2 Å². The van der Waals surface area contributed by atoms with E-state index in [2.05, 4.69) is 17.4 Å². The maximum absolute atomic E-state index is 12.7. The van der Waals surface area contributed by atoms with Gasteiger partial charge < -0.3 is 10.1 Å². The molecule has 2 aliphatic rings. The van der Waals surface area contributed by atoms with Crippen LogP contribution < -0.4 is 5.32 Å². The van der Waals surface area contributed by atoms with Crippen LogP contribution in [0.15, 0.2) is 24.3 Å². The molecule has 0 radical (unpaired) electrons. The van der Waals surface area contributed by atoms with Crippen molar-refractivity contribution < 1.29 is 14.3 Å². The minimum atomic E-state index is -0.527. The van der Waals surface area contributed by atoms with Gasteiger partial charge in [0, 0.05) is 19.5 Å². The summed E-state index contributed by atoms with van der Waals surface area (Å²) in [6, 6.07) is 8.02. The molecule has 0 saturated carbocycles. The SMILES string of the molecule is CC(C)(C)OC(=O)N1Cc2ccccc2C1C1CCNC(=O)C1. The van der Waals surface area contributed by atoms with E-state index in [1.807, 2.05) is 32.9 Å². The average Bonchev–Trinajstić information content (AvgIpc) is 2.85. The van der Waals surface area contributed by atoms with E-state index in [1.54, 1.807) is 4.90 Å². The third-order valence-electron chi connectivity index (χ3n) is 4.41. The molecule has 23 heavy (non-hydrogen) atoms. The average molecular weight is 316 g/mol. The number of benzene rings is 1. The highest BCUT2D eigenvalue weighted by molar-refractivity contribution is 5.77. The van der Waals surface area contributed by atoms with Crippen LogP contribution in [-0.2, 0) is 16.1 Å². The molecule has 2 heterocycles. The first kappa shape index (κ1) is 15.8. The number of piperidine rings is 1. The van der Waals surface area contributed by atoms with Crippen LogP contribution in [0.4, 0.5) is 4.79 Å². The number of rotatable bonds is 1. The summed E-state index contributed by atoms with van der Waals surface area (Å²) in [7, 11) is 0. The van der Waals surface area contributed by atoms with E-state index >= 15 is 0 Å². The Balaban J connectivity index is 1.89. The third kappa shape index (κ3) is 3.33. The van der Waals surface area contributed by atoms with Gasteiger partial charge in [0.05, 0.1) is 6.04 Å². The maximum Gasteiger partial charge on any atom is 0.411 e. The Bertz CT molecular complexity index is 621. The molecule has 0 spiro atoms. The van der Waals surface area contributed by atoms with Crippen LogP contribution in [0.2, 0.25) is 0 Å². The minimum Gasteiger partial charge on any atom is -0.444 e. The summed E-state index contributed by atoms with van der Waals surface area (Å²) in [4.78, 5) is 26.3. The van der Waals surface area contributed by atoms with E-state index in [-0.39, 0.29) is 24.0 Å². The second kappa shape index (κ2) is 5.87. The van der Waals surface area contributed by atoms with E-state index in [0.29, 0.717) is 19.5 Å². The highest BCUT2D eigenvalue weighted by atomic mass is 16.6. The topological polar surface area (TPSA) is 58.6 Å². The lowest BCUT2D eigenvalue weighted by molar-refractivity contribution is -0.124. The van der Waals surface area contributed by atoms with Gasteiger partial charge in [0.15, 0.2) is 0 Å². The van der Waals surface area contributed by atoms with Gasteiger partial charge in [-0.15, -0.1) is 0 Å². The first-order valence-electron chi connectivity index (χ1n) is 8.19. The van der Waals surface area contributed by atoms with Crippen LogP contribution in [-0.4, -0.2) is 29.0 Å². The lowest BCUT2D eigenvalue weighted by Gasteiger charge is -2.35. The Morgan fingerprint density at radius 1 is 1.30 bits per heavy atom. The number of carbonyl (C=O) groups excluding carboxylic acids is 2. The fourth-order valence-corrected chi connectivity index (χ4v) is 3.50. The molecule has 0 bridgehead atoms. The van der Waals surface area contributed by atoms with E-state index in [1.165, 1.54) is 0 Å². The Hall–Kier alpha value is -2.04. The van der Waals surface area contributed by atoms with Gasteiger partial charge in [0.2, 0.25) is 5.91 Å². The first-order valence-corrected chi connectivity index (χ1v) is 8.19. The number of amides is 2. The van der Waals surface area contributed by atoms with Crippen LogP contribution >= 0.6 is 0 Å². The van der Waals surface area contributed by atoms with Gasteiger partial charge in [-0.3, -0.25) is 9.69 Å². The number of nitrogens with zero attached hydrogens (tertiary/aromatic N) is 1. The fraction of sp³-hybridized carbons (Fsp3) is 0.556. The van der Waals surface area contributed by atoms with Gasteiger partial charge in [0.25, 0.3) is 0 Å². The Morgan fingerprint density at radius 3 is 2.74 bits per heavy atom. The van der Waals surface area contributed by atoms with Crippen molar-refractivity contribution in [3.05, 3.63) is 35.4 Å². The molecule has 2 atom stereocenters. The highest BCUT2D eigenvalue weighted by Crippen LogP contribution is 2.42. The molecule has 1 aromatic carbocycles. The number of hydrogen-bond donors (Lipinski definition) is 1. The molecule has 2 amide bonds. The van der Waals surface area contributed by atoms with E-state index in [9.17, 15) is 9.59 Å². The summed E-state index contributed by atoms with van der Waals surface area (Å²) < 4.78 is 5.59. The molecule has 5 nitrogen and oxygen atoms in total. The summed E-state index contributed by atoms with van der Waals surface area (Å²) in [6.07, 6.45) is 1.03. The summed E-state index contributed by atoms with van der Waals surface area (Å²) in [6.45, 7) is 6.84. The van der Waals surface area contributed by atoms with Crippen molar-refractivity contribution in [3.63, 3.8) is 0 Å². The van der Waals surface area contributed by atoms with Crippen molar-refractivity contribution >= 4 is 12.0 Å². The fourth-order valence-electron chi connectivity index (χ4n) is 3.50. The summed E-state index contributed by atoms with van der Waals surface area (Å²) in [5.74, 6) is 0.203. The highest BCUT2D eigenvalue weighted by Gasteiger charge is 2.41. The van der Waals surface area contributed by atoms with Crippen molar-refractivity contribution in [2.45, 2.75) is 51.8 Å². The van der Waals surface area contributed by atoms with Crippen LogP contribution in [0.25, 0.3) is 0 Å². The molecular weight excluding hydrogens is 292 g/mol. The smallest absolute Gasteiger partial charge is 0.411 e. The zero-order valence-corrected chi connectivity index (χ0v) is 14.0. The van der Waals surface area contributed by atoms with Crippen LogP contribution in [0, 0.1) is 5.92 Å². The zero-order valence-electron chi connectivity index (χ0n) is 14.0. The van der Waals surface area contributed by atoms with Crippen LogP contribution in [0.1, 0.15) is 50.8 Å².